The molecule has 35 heavy (non-hydrogen) atoms. The normalized spacial score (nSPS) is 31.1. The SMILES string of the molecule is COc1cc2cc(c1C)N(C)C(=O)CCC(C)(O)C[C@H](C)C1CC(C/C=C/C=C(\C)C2)NC(=O)O1. The zero-order chi connectivity index (χ0) is 25.8. The number of alkyl carbamates (subject to hydrolysis) is 1. The van der Waals surface area contributed by atoms with Crippen LogP contribution in [0.1, 0.15) is 64.0 Å². The number of allylic oxidation sites excluding steroid dienone is 3. The van der Waals surface area contributed by atoms with Crippen LogP contribution in [-0.2, 0) is 16.0 Å². The quantitative estimate of drug-likeness (QED) is 0.596. The van der Waals surface area contributed by atoms with Crippen molar-refractivity contribution in [2.24, 2.45) is 5.92 Å². The summed E-state index contributed by atoms with van der Waals surface area (Å²) in [5.74, 6) is 0.639. The standard InChI is InChI=1S/C28H40N2O5/c1-18-9-7-8-10-22-16-24(35-27(32)29-22)19(2)17-28(4,33)12-11-26(31)30(5)23-14-21(13-18)15-25(34-6)20(23)3/h7-9,14-15,19,22,24,33H,10-13,16-17H2,1-6H3,(H,29,32)/b8-7+,18-9+/t19-,22?,24?,28?/m0/s1. The molecule has 1 fully saturated rings. The highest BCUT2D eigenvalue weighted by Crippen LogP contribution is 2.33. The van der Waals surface area contributed by atoms with Crippen molar-refractivity contribution in [1.29, 1.82) is 0 Å². The Morgan fingerprint density at radius 1 is 1.26 bits per heavy atom. The number of benzene rings is 1. The lowest BCUT2D eigenvalue weighted by Gasteiger charge is -2.36. The minimum Gasteiger partial charge on any atom is -0.496 e. The van der Waals surface area contributed by atoms with Crippen molar-refractivity contribution in [3.63, 3.8) is 0 Å². The molecule has 4 atom stereocenters. The zero-order valence-corrected chi connectivity index (χ0v) is 21.9. The molecule has 0 radical (unpaired) electrons. The maximum absolute atomic E-state index is 13.1. The molecule has 2 aliphatic rings. The molecule has 1 aromatic rings. The van der Waals surface area contributed by atoms with Gasteiger partial charge in [-0.2, -0.15) is 0 Å². The molecule has 0 aromatic heterocycles. The molecular weight excluding hydrogens is 444 g/mol. The van der Waals surface area contributed by atoms with E-state index in [0.717, 1.165) is 29.0 Å². The van der Waals surface area contributed by atoms with Gasteiger partial charge in [0, 0.05) is 31.5 Å². The molecule has 7 heteroatoms. The summed E-state index contributed by atoms with van der Waals surface area (Å²) < 4.78 is 11.2. The van der Waals surface area contributed by atoms with Crippen molar-refractivity contribution < 1.29 is 24.2 Å². The van der Waals surface area contributed by atoms with Crippen LogP contribution in [0.4, 0.5) is 10.5 Å². The van der Waals surface area contributed by atoms with E-state index in [2.05, 4.69) is 24.4 Å². The van der Waals surface area contributed by atoms with E-state index in [1.165, 1.54) is 5.57 Å². The molecule has 7 nitrogen and oxygen atoms in total. The number of amides is 2. The molecule has 2 aliphatic heterocycles. The van der Waals surface area contributed by atoms with Crippen LogP contribution in [0.25, 0.3) is 0 Å². The van der Waals surface area contributed by atoms with Gasteiger partial charge in [-0.25, -0.2) is 4.79 Å². The molecular formula is C28H40N2O5. The number of carbonyl (C=O) groups excluding carboxylic acids is 2. The lowest BCUT2D eigenvalue weighted by Crippen LogP contribution is -2.48. The van der Waals surface area contributed by atoms with Gasteiger partial charge in [0.25, 0.3) is 0 Å². The van der Waals surface area contributed by atoms with E-state index < -0.39 is 11.7 Å². The van der Waals surface area contributed by atoms with Crippen LogP contribution in [-0.4, -0.2) is 49.0 Å². The second kappa shape index (κ2) is 11.3. The van der Waals surface area contributed by atoms with Gasteiger partial charge in [0.05, 0.1) is 18.4 Å². The summed E-state index contributed by atoms with van der Waals surface area (Å²) in [5, 5.41) is 14.0. The van der Waals surface area contributed by atoms with Crippen molar-refractivity contribution in [2.75, 3.05) is 19.1 Å². The molecule has 0 spiro atoms. The van der Waals surface area contributed by atoms with Crippen LogP contribution in [0.15, 0.2) is 35.9 Å². The lowest BCUT2D eigenvalue weighted by atomic mass is 9.84. The molecule has 1 aromatic carbocycles. The molecule has 2 N–H and O–H groups in total. The second-order valence-corrected chi connectivity index (χ2v) is 10.4. The number of ether oxygens (including phenoxy) is 2. The van der Waals surface area contributed by atoms with E-state index in [9.17, 15) is 14.7 Å². The first-order chi connectivity index (χ1) is 16.5. The first kappa shape index (κ1) is 26.8. The van der Waals surface area contributed by atoms with Gasteiger partial charge in [0.15, 0.2) is 0 Å². The van der Waals surface area contributed by atoms with E-state index in [0.29, 0.717) is 25.7 Å². The Labute approximate surface area is 209 Å². The summed E-state index contributed by atoms with van der Waals surface area (Å²) in [4.78, 5) is 26.9. The van der Waals surface area contributed by atoms with Crippen molar-refractivity contribution in [3.05, 3.63) is 47.1 Å². The van der Waals surface area contributed by atoms with Crippen molar-refractivity contribution in [1.82, 2.24) is 5.32 Å². The maximum atomic E-state index is 13.1. The molecule has 2 heterocycles. The number of anilines is 1. The van der Waals surface area contributed by atoms with Crippen molar-refractivity contribution in [2.45, 2.75) is 84.0 Å². The maximum Gasteiger partial charge on any atom is 0.407 e. The Kier molecular flexibility index (Phi) is 8.65. The first-order valence-corrected chi connectivity index (χ1v) is 12.4. The van der Waals surface area contributed by atoms with Crippen LogP contribution >= 0.6 is 0 Å². The number of hydrogen-bond donors (Lipinski definition) is 2. The Morgan fingerprint density at radius 3 is 2.71 bits per heavy atom. The van der Waals surface area contributed by atoms with Gasteiger partial charge >= 0.3 is 6.09 Å². The van der Waals surface area contributed by atoms with E-state index >= 15 is 0 Å². The summed E-state index contributed by atoms with van der Waals surface area (Å²) in [7, 11) is 3.41. The number of nitrogens with one attached hydrogen (secondary N) is 1. The van der Waals surface area contributed by atoms with Crippen molar-refractivity contribution >= 4 is 17.7 Å². The van der Waals surface area contributed by atoms with Gasteiger partial charge in [-0.15, -0.1) is 0 Å². The molecule has 0 aliphatic carbocycles. The van der Waals surface area contributed by atoms with Gasteiger partial charge in [-0.3, -0.25) is 4.79 Å². The number of nitrogens with zero attached hydrogens (tertiary/aromatic N) is 1. The Morgan fingerprint density at radius 2 is 2.00 bits per heavy atom. The average molecular weight is 485 g/mol. The number of carbonyl (C=O) groups is 2. The molecule has 0 saturated carbocycles. The predicted octanol–water partition coefficient (Wildman–Crippen LogP) is 4.84. The van der Waals surface area contributed by atoms with Gasteiger partial charge in [0.2, 0.25) is 5.91 Å². The van der Waals surface area contributed by atoms with Crippen LogP contribution < -0.4 is 15.0 Å². The average Bonchev–Trinajstić information content (AvgIpc) is 2.79. The molecule has 4 bridgehead atoms. The summed E-state index contributed by atoms with van der Waals surface area (Å²) in [6, 6.07) is 4.05. The lowest BCUT2D eigenvalue weighted by molar-refractivity contribution is -0.119. The minimum absolute atomic E-state index is 0.0140. The Balaban J connectivity index is 1.93. The van der Waals surface area contributed by atoms with Crippen LogP contribution in [0.2, 0.25) is 0 Å². The van der Waals surface area contributed by atoms with Crippen molar-refractivity contribution in [3.8, 4) is 5.75 Å². The van der Waals surface area contributed by atoms with E-state index in [1.807, 2.05) is 32.1 Å². The number of methoxy groups -OCH3 is 1. The van der Waals surface area contributed by atoms with Gasteiger partial charge < -0.3 is 24.8 Å². The fourth-order valence-electron chi connectivity index (χ4n) is 5.08. The smallest absolute Gasteiger partial charge is 0.407 e. The minimum atomic E-state index is -1.05. The number of rotatable bonds is 1. The number of fused-ring (bicyclic) bond motifs is 4. The highest BCUT2D eigenvalue weighted by Gasteiger charge is 2.35. The third-order valence-electron chi connectivity index (χ3n) is 7.14. The van der Waals surface area contributed by atoms with Gasteiger partial charge in [-0.1, -0.05) is 30.7 Å². The van der Waals surface area contributed by atoms with Crippen LogP contribution in [0, 0.1) is 12.8 Å². The van der Waals surface area contributed by atoms with Crippen LogP contribution in [0.5, 0.6) is 5.75 Å². The van der Waals surface area contributed by atoms with Gasteiger partial charge in [0.1, 0.15) is 11.9 Å². The monoisotopic (exact) mass is 484 g/mol. The third-order valence-corrected chi connectivity index (χ3v) is 7.14. The first-order valence-electron chi connectivity index (χ1n) is 12.4. The summed E-state index contributed by atoms with van der Waals surface area (Å²) in [5.41, 5.74) is 2.89. The Hall–Kier alpha value is -2.80. The van der Waals surface area contributed by atoms with Crippen LogP contribution in [0.3, 0.4) is 0 Å². The molecule has 2 amide bonds. The Bertz CT molecular complexity index is 997. The highest BCUT2D eigenvalue weighted by molar-refractivity contribution is 5.94. The fourth-order valence-corrected chi connectivity index (χ4v) is 5.08. The van der Waals surface area contributed by atoms with Gasteiger partial charge in [-0.05, 0) is 70.1 Å². The molecule has 3 unspecified atom stereocenters. The predicted molar refractivity (Wildman–Crippen MR) is 138 cm³/mol. The third kappa shape index (κ3) is 7.10. The molecule has 1 saturated heterocycles. The van der Waals surface area contributed by atoms with E-state index in [-0.39, 0.29) is 30.4 Å². The summed E-state index contributed by atoms with van der Waals surface area (Å²) >= 11 is 0. The van der Waals surface area contributed by atoms with E-state index in [1.54, 1.807) is 26.0 Å². The highest BCUT2D eigenvalue weighted by atomic mass is 16.6. The largest absolute Gasteiger partial charge is 0.496 e. The summed E-state index contributed by atoms with van der Waals surface area (Å²) in [6.07, 6.45) is 8.56. The van der Waals surface area contributed by atoms with E-state index in [4.69, 9.17) is 9.47 Å². The molecule has 3 rings (SSSR count). The summed E-state index contributed by atoms with van der Waals surface area (Å²) in [6.45, 7) is 7.78. The topological polar surface area (TPSA) is 88.1 Å². The number of hydrogen-bond acceptors (Lipinski definition) is 5. The second-order valence-electron chi connectivity index (χ2n) is 10.4. The fraction of sp³-hybridized carbons (Fsp3) is 0.571. The zero-order valence-electron chi connectivity index (χ0n) is 21.9. The number of aliphatic hydroxyl groups is 1. The molecule has 192 valence electrons.